The summed E-state index contributed by atoms with van der Waals surface area (Å²) in [4.78, 5) is 26.9. The minimum Gasteiger partial charge on any atom is -0.315 e. The van der Waals surface area contributed by atoms with Crippen molar-refractivity contribution in [3.63, 3.8) is 0 Å². The quantitative estimate of drug-likeness (QED) is 0.852. The van der Waals surface area contributed by atoms with Crippen LogP contribution < -0.4 is 5.32 Å². The zero-order chi connectivity index (χ0) is 18.7. The van der Waals surface area contributed by atoms with Crippen LogP contribution in [-0.2, 0) is 6.18 Å². The summed E-state index contributed by atoms with van der Waals surface area (Å²) >= 11 is 0. The van der Waals surface area contributed by atoms with E-state index in [0.717, 1.165) is 17.0 Å². The topological polar surface area (TPSA) is 49.4 Å². The van der Waals surface area contributed by atoms with Crippen LogP contribution in [0.1, 0.15) is 32.7 Å². The number of nitrogens with zero attached hydrogens (tertiary/aromatic N) is 1. The van der Waals surface area contributed by atoms with Gasteiger partial charge >= 0.3 is 6.18 Å². The summed E-state index contributed by atoms with van der Waals surface area (Å²) < 4.78 is 39.9. The Morgan fingerprint density at radius 1 is 0.962 bits per heavy atom. The van der Waals surface area contributed by atoms with Crippen LogP contribution in [-0.4, -0.2) is 35.8 Å². The molecule has 7 heteroatoms. The van der Waals surface area contributed by atoms with Gasteiger partial charge in [-0.3, -0.25) is 14.5 Å². The predicted molar refractivity (Wildman–Crippen MR) is 89.7 cm³/mol. The van der Waals surface area contributed by atoms with Crippen molar-refractivity contribution < 1.29 is 22.8 Å². The van der Waals surface area contributed by atoms with Gasteiger partial charge in [-0.1, -0.05) is 30.3 Å². The Labute approximate surface area is 148 Å². The van der Waals surface area contributed by atoms with Crippen LogP contribution >= 0.6 is 0 Å². The number of nitrogens with one attached hydrogen (secondary N) is 1. The second-order valence-electron chi connectivity index (χ2n) is 6.04. The molecule has 1 heterocycles. The number of rotatable bonds is 3. The highest BCUT2D eigenvalue weighted by atomic mass is 19.4. The third-order valence-corrected chi connectivity index (χ3v) is 4.32. The van der Waals surface area contributed by atoms with Gasteiger partial charge in [-0.15, -0.1) is 0 Å². The van der Waals surface area contributed by atoms with E-state index >= 15 is 0 Å². The first kappa shape index (κ1) is 18.1. The van der Waals surface area contributed by atoms with E-state index in [2.05, 4.69) is 5.32 Å². The van der Waals surface area contributed by atoms with Gasteiger partial charge in [0, 0.05) is 12.1 Å². The van der Waals surface area contributed by atoms with E-state index in [4.69, 9.17) is 0 Å². The van der Waals surface area contributed by atoms with Crippen LogP contribution in [0.4, 0.5) is 13.2 Å². The lowest BCUT2D eigenvalue weighted by molar-refractivity contribution is -0.138. The second-order valence-corrected chi connectivity index (χ2v) is 6.04. The average molecular weight is 362 g/mol. The van der Waals surface area contributed by atoms with Crippen molar-refractivity contribution in [3.05, 3.63) is 71.3 Å². The third-order valence-electron chi connectivity index (χ3n) is 4.32. The SMILES string of the molecule is O=C(c1ccccc1)N(C(=O)c1ccccc1C(F)(F)F)C1CCNC1. The van der Waals surface area contributed by atoms with Crippen molar-refractivity contribution in [2.45, 2.75) is 18.6 Å². The molecule has 2 aromatic carbocycles. The number of imide groups is 1. The number of carbonyl (C=O) groups is 2. The van der Waals surface area contributed by atoms with Crippen molar-refractivity contribution in [1.29, 1.82) is 0 Å². The Morgan fingerprint density at radius 2 is 1.62 bits per heavy atom. The molecule has 1 aliphatic rings. The highest BCUT2D eigenvalue weighted by Gasteiger charge is 2.39. The number of amides is 2. The molecule has 0 radical (unpaired) electrons. The number of hydrogen-bond acceptors (Lipinski definition) is 3. The van der Waals surface area contributed by atoms with Crippen molar-refractivity contribution in [1.82, 2.24) is 10.2 Å². The van der Waals surface area contributed by atoms with E-state index in [1.54, 1.807) is 30.3 Å². The van der Waals surface area contributed by atoms with Gasteiger partial charge in [-0.2, -0.15) is 13.2 Å². The van der Waals surface area contributed by atoms with Crippen molar-refractivity contribution >= 4 is 11.8 Å². The zero-order valence-electron chi connectivity index (χ0n) is 13.8. The summed E-state index contributed by atoms with van der Waals surface area (Å²) in [6, 6.07) is 12.2. The van der Waals surface area contributed by atoms with Crippen LogP contribution in [0.2, 0.25) is 0 Å². The first-order chi connectivity index (χ1) is 12.4. The largest absolute Gasteiger partial charge is 0.417 e. The molecular formula is C19H17F3N2O2. The van der Waals surface area contributed by atoms with Crippen LogP contribution in [0.5, 0.6) is 0 Å². The Balaban J connectivity index is 2.03. The number of halogens is 3. The number of carbonyl (C=O) groups excluding carboxylic acids is 2. The maximum Gasteiger partial charge on any atom is 0.417 e. The molecule has 2 amide bonds. The molecule has 136 valence electrons. The average Bonchev–Trinajstić information content (AvgIpc) is 3.16. The zero-order valence-corrected chi connectivity index (χ0v) is 13.8. The Bertz CT molecular complexity index is 800. The van der Waals surface area contributed by atoms with Crippen LogP contribution in [0.25, 0.3) is 0 Å². The van der Waals surface area contributed by atoms with E-state index in [0.29, 0.717) is 19.5 Å². The van der Waals surface area contributed by atoms with Crippen molar-refractivity contribution in [3.8, 4) is 0 Å². The summed E-state index contributed by atoms with van der Waals surface area (Å²) in [6.07, 6.45) is -4.18. The van der Waals surface area contributed by atoms with E-state index < -0.39 is 35.2 Å². The van der Waals surface area contributed by atoms with Gasteiger partial charge in [-0.05, 0) is 37.2 Å². The highest BCUT2D eigenvalue weighted by molar-refractivity contribution is 6.11. The highest BCUT2D eigenvalue weighted by Crippen LogP contribution is 2.33. The lowest BCUT2D eigenvalue weighted by Gasteiger charge is -2.28. The molecule has 26 heavy (non-hydrogen) atoms. The standard InChI is InChI=1S/C19H17F3N2O2/c20-19(21,22)16-9-5-4-8-15(16)18(26)24(14-10-11-23-12-14)17(25)13-6-2-1-3-7-13/h1-9,14,23H,10-12H2. The van der Waals surface area contributed by atoms with Crippen LogP contribution in [0.3, 0.4) is 0 Å². The van der Waals surface area contributed by atoms with Gasteiger partial charge in [0.15, 0.2) is 0 Å². The van der Waals surface area contributed by atoms with Gasteiger partial charge in [-0.25, -0.2) is 0 Å². The van der Waals surface area contributed by atoms with Gasteiger partial charge < -0.3 is 5.32 Å². The predicted octanol–water partition coefficient (Wildman–Crippen LogP) is 3.35. The molecule has 0 saturated carbocycles. The smallest absolute Gasteiger partial charge is 0.315 e. The molecule has 1 atom stereocenters. The Morgan fingerprint density at radius 3 is 2.23 bits per heavy atom. The number of benzene rings is 2. The number of alkyl halides is 3. The normalized spacial score (nSPS) is 17.1. The van der Waals surface area contributed by atoms with Gasteiger partial charge in [0.05, 0.1) is 17.2 Å². The summed E-state index contributed by atoms with van der Waals surface area (Å²) in [6.45, 7) is 0.954. The molecule has 0 aromatic heterocycles. The fourth-order valence-corrected chi connectivity index (χ4v) is 3.05. The molecule has 0 bridgehead atoms. The maximum atomic E-state index is 13.3. The van der Waals surface area contributed by atoms with Crippen LogP contribution in [0, 0.1) is 0 Å². The molecule has 1 fully saturated rings. The Hall–Kier alpha value is -2.67. The molecule has 4 nitrogen and oxygen atoms in total. The van der Waals surface area contributed by atoms with Gasteiger partial charge in [0.25, 0.3) is 11.8 Å². The van der Waals surface area contributed by atoms with Crippen LogP contribution in [0.15, 0.2) is 54.6 Å². The fourth-order valence-electron chi connectivity index (χ4n) is 3.05. The van der Waals surface area contributed by atoms with Crippen molar-refractivity contribution in [2.24, 2.45) is 0 Å². The monoisotopic (exact) mass is 362 g/mol. The first-order valence-corrected chi connectivity index (χ1v) is 8.19. The molecule has 1 unspecified atom stereocenters. The van der Waals surface area contributed by atoms with Gasteiger partial charge in [0.1, 0.15) is 0 Å². The molecule has 1 N–H and O–H groups in total. The van der Waals surface area contributed by atoms with E-state index in [-0.39, 0.29) is 5.56 Å². The second kappa shape index (κ2) is 7.29. The molecule has 1 aliphatic heterocycles. The van der Waals surface area contributed by atoms with E-state index in [9.17, 15) is 22.8 Å². The summed E-state index contributed by atoms with van der Waals surface area (Å²) in [5.41, 5.74) is -1.30. The molecule has 3 rings (SSSR count). The summed E-state index contributed by atoms with van der Waals surface area (Å²) in [5.74, 6) is -1.53. The third kappa shape index (κ3) is 3.62. The van der Waals surface area contributed by atoms with E-state index in [1.165, 1.54) is 12.1 Å². The molecular weight excluding hydrogens is 345 g/mol. The number of hydrogen-bond donors (Lipinski definition) is 1. The summed E-state index contributed by atoms with van der Waals surface area (Å²) in [5, 5.41) is 3.04. The minimum atomic E-state index is -4.68. The first-order valence-electron chi connectivity index (χ1n) is 8.19. The Kier molecular flexibility index (Phi) is 5.08. The molecule has 0 spiro atoms. The van der Waals surface area contributed by atoms with E-state index in [1.807, 2.05) is 0 Å². The fraction of sp³-hybridized carbons (Fsp3) is 0.263. The molecule has 1 saturated heterocycles. The van der Waals surface area contributed by atoms with Gasteiger partial charge in [0.2, 0.25) is 0 Å². The minimum absolute atomic E-state index is 0.261. The maximum absolute atomic E-state index is 13.3. The molecule has 2 aromatic rings. The summed E-state index contributed by atoms with van der Waals surface area (Å²) in [7, 11) is 0. The lowest BCUT2D eigenvalue weighted by Crippen LogP contribution is -2.46. The van der Waals surface area contributed by atoms with Crippen molar-refractivity contribution in [2.75, 3.05) is 13.1 Å². The lowest BCUT2D eigenvalue weighted by atomic mass is 10.0. The molecule has 0 aliphatic carbocycles.